The Bertz CT molecular complexity index is 3090. The standard InChI is InChI=1S/C14H24.C12H18O.C12H18.C11H16.C11H22.C11H16.2C10H13F.C7H14/c1-13(2,3)14-7-10-4-11(8-14)6-12(5-10)9-14;1-12(2,3)8-10-6-4-5-7-11(10)9-13;1-10-5-7-11(8-6-10)9-12(2,3)4;1-9-5-7-10(8-6-9)11(2,3)4;2*1-11(2,3)9-10-7-5-4-6-8-10;1-10(2,3)8-4-6-9(11)7-5-8;1-10(2,3)8-6-4-5-7-9(8)11;1-5-6-7(2,3)4/h10-12H,4-9H2,1-3H3;4-7,13H,8-9H2,1-3H3;5-8H,9H2,1-4H3;5-8H,1-4H3;10H,4-9H2,1-3H3;4-8H,9H2,1-3H3;2*4-7H,1-3H3;5H,1,6H2,2-4H3. The fraction of sp³-hybridized carbons (Fsp3) is 0.612. The summed E-state index contributed by atoms with van der Waals surface area (Å²) in [4.78, 5) is 0. The molecule has 11 rings (SSSR count). The van der Waals surface area contributed by atoms with E-state index in [9.17, 15) is 8.78 Å². The highest BCUT2D eigenvalue weighted by atomic mass is 19.1. The lowest BCUT2D eigenvalue weighted by molar-refractivity contribution is -0.113. The third-order valence-corrected chi connectivity index (χ3v) is 19.8. The first-order chi connectivity index (χ1) is 46.2. The van der Waals surface area contributed by atoms with Crippen LogP contribution < -0.4 is 0 Å². The normalized spacial score (nSPS) is 18.2. The molecule has 566 valence electrons. The highest BCUT2D eigenvalue weighted by Gasteiger charge is 2.55. The van der Waals surface area contributed by atoms with Crippen LogP contribution in [0.4, 0.5) is 8.78 Å². The number of aliphatic hydroxyl groups is 1. The number of benzene rings is 6. The minimum Gasteiger partial charge on any atom is -0.392 e. The van der Waals surface area contributed by atoms with Crippen molar-refractivity contribution < 1.29 is 13.9 Å². The third-order valence-electron chi connectivity index (χ3n) is 19.8. The number of halogens is 2. The highest BCUT2D eigenvalue weighted by molar-refractivity contribution is 5.29. The van der Waals surface area contributed by atoms with Gasteiger partial charge in [0.05, 0.1) is 6.61 Å². The summed E-state index contributed by atoms with van der Waals surface area (Å²) in [6, 6.07) is 49.8. The van der Waals surface area contributed by atoms with Crippen LogP contribution in [-0.4, -0.2) is 5.11 Å². The van der Waals surface area contributed by atoms with Crippen molar-refractivity contribution in [3.05, 3.63) is 226 Å². The van der Waals surface area contributed by atoms with E-state index in [4.69, 9.17) is 5.11 Å². The van der Waals surface area contributed by atoms with Crippen LogP contribution in [0.5, 0.6) is 0 Å². The van der Waals surface area contributed by atoms with E-state index in [1.54, 1.807) is 44.6 Å². The largest absolute Gasteiger partial charge is 0.392 e. The second kappa shape index (κ2) is 41.0. The Kier molecular flexibility index (Phi) is 37.3. The van der Waals surface area contributed by atoms with Gasteiger partial charge in [0.2, 0.25) is 0 Å². The predicted octanol–water partition coefficient (Wildman–Crippen LogP) is 30.0. The molecule has 0 saturated heterocycles. The van der Waals surface area contributed by atoms with Gasteiger partial charge in [-0.3, -0.25) is 0 Å². The van der Waals surface area contributed by atoms with E-state index in [1.165, 1.54) is 95.7 Å². The van der Waals surface area contributed by atoms with E-state index in [-0.39, 0.29) is 39.9 Å². The van der Waals surface area contributed by atoms with Crippen LogP contribution in [0.3, 0.4) is 0 Å². The molecule has 5 aliphatic rings. The lowest BCUT2D eigenvalue weighted by Gasteiger charge is -2.62. The van der Waals surface area contributed by atoms with Crippen LogP contribution >= 0.6 is 0 Å². The van der Waals surface area contributed by atoms with Crippen LogP contribution in [0.25, 0.3) is 0 Å². The molecule has 1 N–H and O–H groups in total. The molecular weight excluding hydrogens is 1230 g/mol. The number of aryl methyl sites for hydroxylation is 2. The molecule has 0 atom stereocenters. The van der Waals surface area contributed by atoms with Crippen molar-refractivity contribution in [1.82, 2.24) is 0 Å². The summed E-state index contributed by atoms with van der Waals surface area (Å²) in [5.41, 5.74) is 14.9. The van der Waals surface area contributed by atoms with Gasteiger partial charge in [0.1, 0.15) is 11.6 Å². The predicted molar refractivity (Wildman–Crippen MR) is 445 cm³/mol. The van der Waals surface area contributed by atoms with Crippen molar-refractivity contribution in [3.63, 3.8) is 0 Å². The summed E-state index contributed by atoms with van der Waals surface area (Å²) >= 11 is 0. The fourth-order valence-corrected chi connectivity index (χ4v) is 14.8. The van der Waals surface area contributed by atoms with Gasteiger partial charge in [-0.15, -0.1) is 6.58 Å². The van der Waals surface area contributed by atoms with Crippen LogP contribution in [0.1, 0.15) is 320 Å². The Hall–Kier alpha value is -5.12. The minimum atomic E-state index is -0.169. The number of aliphatic hydroxyl groups excluding tert-OH is 1. The summed E-state index contributed by atoms with van der Waals surface area (Å²) in [5, 5.41) is 9.12. The Morgan fingerprint density at radius 2 is 0.782 bits per heavy atom. The van der Waals surface area contributed by atoms with Crippen molar-refractivity contribution >= 4 is 0 Å². The fourth-order valence-electron chi connectivity index (χ4n) is 14.8. The summed E-state index contributed by atoms with van der Waals surface area (Å²) in [7, 11) is 0. The Morgan fingerprint density at radius 3 is 1.12 bits per heavy atom. The van der Waals surface area contributed by atoms with Gasteiger partial charge in [-0.2, -0.15) is 0 Å². The molecule has 0 aliphatic heterocycles. The molecular formula is C98H154F2O. The van der Waals surface area contributed by atoms with E-state index < -0.39 is 0 Å². The molecule has 0 spiro atoms. The van der Waals surface area contributed by atoms with Gasteiger partial charge in [-0.05, 0) is 219 Å². The van der Waals surface area contributed by atoms with Gasteiger partial charge in [0.25, 0.3) is 0 Å². The van der Waals surface area contributed by atoms with Gasteiger partial charge in [-0.1, -0.05) is 370 Å². The zero-order chi connectivity index (χ0) is 77.1. The average Bonchev–Trinajstić information content (AvgIpc) is 0.731. The number of rotatable bonds is 6. The van der Waals surface area contributed by atoms with Gasteiger partial charge < -0.3 is 5.11 Å². The summed E-state index contributed by atoms with van der Waals surface area (Å²) in [6.07, 6.45) is 24.7. The zero-order valence-electron chi connectivity index (χ0n) is 70.8. The number of hydrogen-bond donors (Lipinski definition) is 1. The second-order valence-corrected chi connectivity index (χ2v) is 41.0. The highest BCUT2D eigenvalue weighted by Crippen LogP contribution is 2.65. The van der Waals surface area contributed by atoms with Gasteiger partial charge in [0, 0.05) is 0 Å². The molecule has 101 heavy (non-hydrogen) atoms. The zero-order valence-corrected chi connectivity index (χ0v) is 70.8. The number of allylic oxidation sites excluding steroid dienone is 1. The molecule has 4 bridgehead atoms. The summed E-state index contributed by atoms with van der Waals surface area (Å²) in [6.45, 7) is 68.5. The van der Waals surface area contributed by atoms with Crippen molar-refractivity contribution in [2.24, 2.45) is 61.6 Å². The van der Waals surface area contributed by atoms with Crippen LogP contribution in [-0.2, 0) is 42.1 Å². The molecule has 0 amide bonds. The molecule has 0 heterocycles. The Morgan fingerprint density at radius 1 is 0.406 bits per heavy atom. The first-order valence-corrected chi connectivity index (χ1v) is 39.2. The third kappa shape index (κ3) is 40.1. The van der Waals surface area contributed by atoms with E-state index in [0.717, 1.165) is 65.9 Å². The molecule has 0 aromatic heterocycles. The maximum Gasteiger partial charge on any atom is 0.126 e. The molecule has 5 saturated carbocycles. The van der Waals surface area contributed by atoms with Crippen LogP contribution in [0, 0.1) is 87.1 Å². The summed E-state index contributed by atoms with van der Waals surface area (Å²) in [5.74, 6) is 4.10. The Labute approximate surface area is 624 Å². The van der Waals surface area contributed by atoms with E-state index >= 15 is 0 Å². The first-order valence-electron chi connectivity index (χ1n) is 39.2. The van der Waals surface area contributed by atoms with Gasteiger partial charge in [0.15, 0.2) is 0 Å². The quantitative estimate of drug-likeness (QED) is 0.165. The van der Waals surface area contributed by atoms with E-state index in [1.807, 2.05) is 69.3 Å². The molecule has 1 nitrogen and oxygen atoms in total. The maximum atomic E-state index is 13.1. The topological polar surface area (TPSA) is 20.2 Å². The maximum absolute atomic E-state index is 13.1. The molecule has 0 radical (unpaired) electrons. The summed E-state index contributed by atoms with van der Waals surface area (Å²) < 4.78 is 25.6. The van der Waals surface area contributed by atoms with Gasteiger partial charge in [-0.25, -0.2) is 8.78 Å². The van der Waals surface area contributed by atoms with Crippen LogP contribution in [0.2, 0.25) is 0 Å². The van der Waals surface area contributed by atoms with Crippen molar-refractivity contribution in [2.75, 3.05) is 0 Å². The van der Waals surface area contributed by atoms with Gasteiger partial charge >= 0.3 is 0 Å². The second-order valence-electron chi connectivity index (χ2n) is 41.0. The minimum absolute atomic E-state index is 0.0919. The molecule has 0 unspecified atom stereocenters. The smallest absolute Gasteiger partial charge is 0.126 e. The van der Waals surface area contributed by atoms with Crippen LogP contribution in [0.15, 0.2) is 164 Å². The molecule has 5 aliphatic carbocycles. The van der Waals surface area contributed by atoms with E-state index in [0.29, 0.717) is 27.1 Å². The monoisotopic (exact) mass is 1390 g/mol. The lowest BCUT2D eigenvalue weighted by Crippen LogP contribution is -2.51. The SMILES string of the molecule is C=CCC(C)(C)C.CC(C)(C)C12CC3CC(CC(C3)C1)C2.CC(C)(C)CC1CCCCC1.CC(C)(C)Cc1ccccc1.CC(C)(C)Cc1ccccc1CO.CC(C)(C)c1ccc(F)cc1.CC(C)(C)c1ccccc1F.Cc1ccc(C(C)(C)C)cc1.Cc1ccc(CC(C)(C)C)cc1. The lowest BCUT2D eigenvalue weighted by atomic mass is 9.43. The number of hydrogen-bond acceptors (Lipinski definition) is 1. The first kappa shape index (κ1) is 92.0. The Balaban J connectivity index is 0.000000388. The van der Waals surface area contributed by atoms with E-state index in [2.05, 4.69) is 272 Å². The molecule has 3 heteroatoms. The average molecular weight is 1390 g/mol. The molecule has 6 aromatic carbocycles. The molecule has 6 aromatic rings. The van der Waals surface area contributed by atoms with Crippen molar-refractivity contribution in [1.29, 1.82) is 0 Å². The van der Waals surface area contributed by atoms with Crippen molar-refractivity contribution in [2.45, 2.75) is 326 Å². The van der Waals surface area contributed by atoms with Crippen molar-refractivity contribution in [3.8, 4) is 0 Å². The molecule has 5 fully saturated rings.